The standard InChI is InChI=1S/C35H40N6O5S/c1-25(2)38-19-17-37(18-20-38)23-27-15-16-39(24-27)34(42)33(28-7-5-4-6-8-28)40-32-21-26(22-36)9-14-31(32)41(35(40)43)47(44,45)30-12-10-29(46-3)11-13-30/h4-14,21,25,27,33H,15-20,23-24H2,1-3H3/t27-,33?/m1/s1. The summed E-state index contributed by atoms with van der Waals surface area (Å²) < 4.78 is 35.3. The van der Waals surface area contributed by atoms with Gasteiger partial charge in [0.05, 0.1) is 34.7 Å². The zero-order chi connectivity index (χ0) is 33.3. The predicted octanol–water partition coefficient (Wildman–Crippen LogP) is 3.38. The van der Waals surface area contributed by atoms with Gasteiger partial charge in [-0.05, 0) is 74.2 Å². The van der Waals surface area contributed by atoms with E-state index in [1.54, 1.807) is 29.2 Å². The molecular weight excluding hydrogens is 616 g/mol. The fraction of sp³-hybridized carbons (Fsp3) is 0.400. The van der Waals surface area contributed by atoms with E-state index < -0.39 is 21.8 Å². The molecule has 1 unspecified atom stereocenters. The Balaban J connectivity index is 1.39. The van der Waals surface area contributed by atoms with E-state index in [1.165, 1.54) is 54.1 Å². The lowest BCUT2D eigenvalue weighted by atomic mass is 10.0. The van der Waals surface area contributed by atoms with E-state index in [9.17, 15) is 23.3 Å². The Morgan fingerprint density at radius 2 is 1.66 bits per heavy atom. The molecule has 0 spiro atoms. The summed E-state index contributed by atoms with van der Waals surface area (Å²) in [4.78, 5) is 35.6. The van der Waals surface area contributed by atoms with Crippen LogP contribution >= 0.6 is 0 Å². The molecule has 0 radical (unpaired) electrons. The van der Waals surface area contributed by atoms with Crippen LogP contribution in [0, 0.1) is 17.2 Å². The van der Waals surface area contributed by atoms with Gasteiger partial charge in [0.2, 0.25) is 5.91 Å². The molecule has 2 aliphatic rings. The number of piperazine rings is 1. The van der Waals surface area contributed by atoms with Gasteiger partial charge in [-0.1, -0.05) is 30.3 Å². The zero-order valence-electron chi connectivity index (χ0n) is 26.9. The summed E-state index contributed by atoms with van der Waals surface area (Å²) in [6, 6.07) is 20.6. The van der Waals surface area contributed by atoms with Crippen molar-refractivity contribution in [3.63, 3.8) is 0 Å². The maximum Gasteiger partial charge on any atom is 0.344 e. The maximum atomic E-state index is 14.6. The van der Waals surface area contributed by atoms with Crippen molar-refractivity contribution in [2.24, 2.45) is 5.92 Å². The monoisotopic (exact) mass is 656 g/mol. The van der Waals surface area contributed by atoms with Gasteiger partial charge in [-0.15, -0.1) is 0 Å². The van der Waals surface area contributed by atoms with Gasteiger partial charge in [0.1, 0.15) is 11.8 Å². The second kappa shape index (κ2) is 13.4. The number of hydrogen-bond acceptors (Lipinski definition) is 8. The zero-order valence-corrected chi connectivity index (χ0v) is 27.8. The number of nitrogens with zero attached hydrogens (tertiary/aromatic N) is 6. The van der Waals surface area contributed by atoms with Crippen molar-refractivity contribution in [2.75, 3.05) is 52.9 Å². The second-order valence-corrected chi connectivity index (χ2v) is 14.4. The molecular formula is C35H40N6O5S. The van der Waals surface area contributed by atoms with Crippen LogP contribution in [0.25, 0.3) is 11.0 Å². The van der Waals surface area contributed by atoms with Crippen LogP contribution in [-0.4, -0.2) is 96.5 Å². The highest BCUT2D eigenvalue weighted by Gasteiger charge is 2.37. The summed E-state index contributed by atoms with van der Waals surface area (Å²) in [5, 5.41) is 9.74. The summed E-state index contributed by atoms with van der Waals surface area (Å²) in [5.74, 6) is 0.474. The Morgan fingerprint density at radius 1 is 0.957 bits per heavy atom. The minimum Gasteiger partial charge on any atom is -0.497 e. The number of ether oxygens (including phenoxy) is 1. The number of carbonyl (C=O) groups excluding carboxylic acids is 1. The highest BCUT2D eigenvalue weighted by Crippen LogP contribution is 2.30. The lowest BCUT2D eigenvalue weighted by Crippen LogP contribution is -2.50. The number of fused-ring (bicyclic) bond motifs is 1. The molecule has 246 valence electrons. The average molecular weight is 657 g/mol. The van der Waals surface area contributed by atoms with E-state index in [2.05, 4.69) is 29.7 Å². The number of rotatable bonds is 9. The largest absolute Gasteiger partial charge is 0.497 e. The SMILES string of the molecule is COc1ccc(S(=O)(=O)n2c(=O)n(C(C(=O)N3CC[C@H](CN4CCN(C(C)C)CC4)C3)c3ccccc3)c3cc(C#N)ccc32)cc1. The Bertz CT molecular complexity index is 1960. The summed E-state index contributed by atoms with van der Waals surface area (Å²) in [7, 11) is -2.93. The molecule has 1 amide bonds. The summed E-state index contributed by atoms with van der Waals surface area (Å²) in [6.45, 7) is 10.5. The molecule has 4 aromatic rings. The van der Waals surface area contributed by atoms with Crippen LogP contribution in [0.15, 0.2) is 82.5 Å². The lowest BCUT2D eigenvalue weighted by molar-refractivity contribution is -0.132. The number of amides is 1. The molecule has 0 bridgehead atoms. The number of carbonyl (C=O) groups is 1. The highest BCUT2D eigenvalue weighted by molar-refractivity contribution is 7.90. The molecule has 0 saturated carbocycles. The van der Waals surface area contributed by atoms with Crippen molar-refractivity contribution in [3.05, 3.63) is 94.4 Å². The van der Waals surface area contributed by atoms with Gasteiger partial charge >= 0.3 is 5.69 Å². The fourth-order valence-electron chi connectivity index (χ4n) is 6.82. The van der Waals surface area contributed by atoms with Crippen LogP contribution < -0.4 is 10.4 Å². The first-order chi connectivity index (χ1) is 22.6. The number of methoxy groups -OCH3 is 1. The van der Waals surface area contributed by atoms with Gasteiger partial charge in [-0.3, -0.25) is 14.3 Å². The molecule has 3 heterocycles. The number of likely N-dealkylation sites (tertiary alicyclic amines) is 1. The molecule has 1 aromatic heterocycles. The van der Waals surface area contributed by atoms with Gasteiger partial charge in [-0.2, -0.15) is 9.23 Å². The number of aromatic nitrogens is 2. The third-order valence-electron chi connectivity index (χ3n) is 9.42. The Labute approximate surface area is 275 Å². The highest BCUT2D eigenvalue weighted by atomic mass is 32.2. The quantitative estimate of drug-likeness (QED) is 0.269. The minimum atomic E-state index is -4.40. The number of imidazole rings is 1. The van der Waals surface area contributed by atoms with E-state index in [0.29, 0.717) is 36.4 Å². The third kappa shape index (κ3) is 6.31. The van der Waals surface area contributed by atoms with Gasteiger partial charge in [0.25, 0.3) is 10.0 Å². The smallest absolute Gasteiger partial charge is 0.344 e. The van der Waals surface area contributed by atoms with E-state index >= 15 is 0 Å². The molecule has 47 heavy (non-hydrogen) atoms. The molecule has 0 aliphatic carbocycles. The van der Waals surface area contributed by atoms with Crippen molar-refractivity contribution in [1.29, 1.82) is 5.26 Å². The first-order valence-corrected chi connectivity index (χ1v) is 17.4. The van der Waals surface area contributed by atoms with Crippen molar-refractivity contribution >= 4 is 27.0 Å². The first kappa shape index (κ1) is 32.5. The van der Waals surface area contributed by atoms with E-state index in [0.717, 1.165) is 43.1 Å². The van der Waals surface area contributed by atoms with Gasteiger partial charge in [0, 0.05) is 51.9 Å². The van der Waals surface area contributed by atoms with Crippen LogP contribution in [-0.2, 0) is 14.8 Å². The minimum absolute atomic E-state index is 0.0818. The lowest BCUT2D eigenvalue weighted by Gasteiger charge is -2.37. The molecule has 12 heteroatoms. The molecule has 3 aromatic carbocycles. The number of benzene rings is 3. The molecule has 11 nitrogen and oxygen atoms in total. The molecule has 2 aliphatic heterocycles. The van der Waals surface area contributed by atoms with E-state index in [4.69, 9.17) is 4.74 Å². The molecule has 2 atom stereocenters. The van der Waals surface area contributed by atoms with E-state index in [-0.39, 0.29) is 27.4 Å². The van der Waals surface area contributed by atoms with Crippen molar-refractivity contribution in [3.8, 4) is 11.8 Å². The van der Waals surface area contributed by atoms with Gasteiger partial charge in [-0.25, -0.2) is 13.2 Å². The van der Waals surface area contributed by atoms with Crippen LogP contribution in [0.3, 0.4) is 0 Å². The molecule has 0 N–H and O–H groups in total. The van der Waals surface area contributed by atoms with Crippen LogP contribution in [0.4, 0.5) is 0 Å². The summed E-state index contributed by atoms with van der Waals surface area (Å²) >= 11 is 0. The van der Waals surface area contributed by atoms with Crippen molar-refractivity contribution in [2.45, 2.75) is 37.2 Å². The maximum absolute atomic E-state index is 14.6. The van der Waals surface area contributed by atoms with Gasteiger partial charge < -0.3 is 14.5 Å². The topological polar surface area (TPSA) is 121 Å². The average Bonchev–Trinajstić information content (AvgIpc) is 3.67. The second-order valence-electron chi connectivity index (χ2n) is 12.6. The van der Waals surface area contributed by atoms with Crippen LogP contribution in [0.5, 0.6) is 5.75 Å². The Kier molecular flexibility index (Phi) is 9.23. The summed E-state index contributed by atoms with van der Waals surface area (Å²) in [5.41, 5.74) is 0.178. The third-order valence-corrected chi connectivity index (χ3v) is 11.1. The van der Waals surface area contributed by atoms with E-state index in [1.807, 2.05) is 6.07 Å². The fourth-order valence-corrected chi connectivity index (χ4v) is 8.21. The normalized spacial score (nSPS) is 18.4. The van der Waals surface area contributed by atoms with Crippen molar-refractivity contribution in [1.82, 2.24) is 23.2 Å². The number of nitriles is 1. The molecule has 2 fully saturated rings. The van der Waals surface area contributed by atoms with Crippen LogP contribution in [0.2, 0.25) is 0 Å². The number of hydrogen-bond donors (Lipinski definition) is 0. The predicted molar refractivity (Wildman–Crippen MR) is 179 cm³/mol. The first-order valence-electron chi connectivity index (χ1n) is 16.0. The molecule has 6 rings (SSSR count). The Hall–Kier alpha value is -4.44. The van der Waals surface area contributed by atoms with Crippen molar-refractivity contribution < 1.29 is 17.9 Å². The molecule has 2 saturated heterocycles. The van der Waals surface area contributed by atoms with Gasteiger partial charge in [0.15, 0.2) is 0 Å². The Morgan fingerprint density at radius 3 is 2.30 bits per heavy atom. The summed E-state index contributed by atoms with van der Waals surface area (Å²) in [6.07, 6.45) is 0.846. The van der Waals surface area contributed by atoms with Crippen LogP contribution in [0.1, 0.15) is 37.4 Å².